The van der Waals surface area contributed by atoms with E-state index in [2.05, 4.69) is 95.2 Å². The topological polar surface area (TPSA) is 455 Å². The van der Waals surface area contributed by atoms with Crippen molar-refractivity contribution in [2.24, 2.45) is 0 Å². The Morgan fingerprint density at radius 1 is 0.387 bits per heavy atom. The Bertz CT molecular complexity index is 7690. The molecule has 15 aromatic rings. The second-order valence-electron chi connectivity index (χ2n) is 37.5. The highest BCUT2D eigenvalue weighted by atomic mass is 19.1. The van der Waals surface area contributed by atoms with Gasteiger partial charge >= 0.3 is 17.1 Å². The molecule has 9 fully saturated rings. The lowest BCUT2D eigenvalue weighted by Crippen LogP contribution is -2.58. The van der Waals surface area contributed by atoms with Crippen LogP contribution < -0.4 is 49.0 Å². The molecule has 3 aliphatic heterocycles. The number of aromatic nitrogens is 21. The smallest absolute Gasteiger partial charge is 0.355 e. The van der Waals surface area contributed by atoms with E-state index in [1.807, 2.05) is 67.5 Å². The zero-order chi connectivity index (χ0) is 94.7. The summed E-state index contributed by atoms with van der Waals surface area (Å²) in [5, 5.41) is 23.8. The molecule has 3 saturated heterocycles. The summed E-state index contributed by atoms with van der Waals surface area (Å²) in [6.07, 6.45) is 20.2. The summed E-state index contributed by atoms with van der Waals surface area (Å²) in [4.78, 5) is 148. The predicted molar refractivity (Wildman–Crippen MR) is 512 cm³/mol. The molecule has 0 bridgehead atoms. The van der Waals surface area contributed by atoms with Crippen LogP contribution in [0.4, 0.5) is 48.1 Å². The maximum atomic E-state index is 16.4. The van der Waals surface area contributed by atoms with Gasteiger partial charge in [0.15, 0.2) is 34.4 Å². The first-order chi connectivity index (χ1) is 66.3. The van der Waals surface area contributed by atoms with E-state index in [1.165, 1.54) is 50.1 Å². The summed E-state index contributed by atoms with van der Waals surface area (Å²) < 4.78 is 53.6. The molecule has 9 aliphatic rings. The molecule has 6 aliphatic carbocycles. The molecule has 9 N–H and O–H groups in total. The van der Waals surface area contributed by atoms with Crippen molar-refractivity contribution < 1.29 is 27.6 Å². The van der Waals surface area contributed by atoms with Gasteiger partial charge in [-0.1, -0.05) is 56.1 Å². The zero-order valence-corrected chi connectivity index (χ0v) is 75.8. The summed E-state index contributed by atoms with van der Waals surface area (Å²) >= 11 is 0. The predicted octanol–water partition coefficient (Wildman–Crippen LogP) is 12.2. The monoisotopic (exact) mass is 1850 g/mol. The van der Waals surface area contributed by atoms with Crippen molar-refractivity contribution in [3.05, 3.63) is 213 Å². The fourth-order valence-electron chi connectivity index (χ4n) is 20.4. The Kier molecular flexibility index (Phi) is 21.4. The highest BCUT2D eigenvalue weighted by Crippen LogP contribution is 2.53. The number of nitrogens with two attached hydrogens (primary N) is 3. The summed E-state index contributed by atoms with van der Waals surface area (Å²) in [6.45, 7) is 23.4. The van der Waals surface area contributed by atoms with Crippen LogP contribution in [-0.4, -0.2) is 213 Å². The van der Waals surface area contributed by atoms with Crippen LogP contribution in [-0.2, 0) is 14.4 Å². The average Bonchev–Trinajstić information content (AvgIpc) is 1.66. The minimum absolute atomic E-state index is 0.0390. The highest BCUT2D eigenvalue weighted by Gasteiger charge is 2.44. The van der Waals surface area contributed by atoms with Crippen molar-refractivity contribution in [2.45, 2.75) is 177 Å². The van der Waals surface area contributed by atoms with E-state index in [9.17, 15) is 28.8 Å². The van der Waals surface area contributed by atoms with Crippen LogP contribution in [0, 0.1) is 17.5 Å². The number of pyridine rings is 3. The van der Waals surface area contributed by atoms with Crippen LogP contribution >= 0.6 is 0 Å². The van der Waals surface area contributed by atoms with E-state index in [1.54, 1.807) is 70.1 Å². The number of carbonyl (C=O) groups is 3. The lowest BCUT2D eigenvalue weighted by Gasteiger charge is -2.44. The normalized spacial score (nSPS) is 19.6. The molecular weight excluding hydrogens is 1750 g/mol. The van der Waals surface area contributed by atoms with Gasteiger partial charge in [-0.25, -0.2) is 86.1 Å². The van der Waals surface area contributed by atoms with E-state index in [-0.39, 0.29) is 135 Å². The number of carbonyl (C=O) groups excluding carboxylic acids is 3. The summed E-state index contributed by atoms with van der Waals surface area (Å²) in [6, 6.07) is 19.1. The third-order valence-corrected chi connectivity index (χ3v) is 27.9. The Balaban J connectivity index is 0.000000119. The van der Waals surface area contributed by atoms with Gasteiger partial charge in [-0.15, -0.1) is 0 Å². The first-order valence-corrected chi connectivity index (χ1v) is 46.5. The number of nitrogen functional groups attached to an aromatic ring is 3. The standard InChI is InChI=1S/2C33H33FN10O2.C32H31FN10O2/c1-4-24(45)42-13-17(3)43(14-16(42)2)31-21-12-22(34)28(20-6-5-7-23-25(20)30(35)41-40-23)38-32(21)44(33(46)39-31)29-26(18-8-9-18)36-15-37-27(29)19-10-11-19;1-4-24(45)43-16(2)13-42(14-17(43)3)31-21-12-22(34)28(20-6-5-7-23-25(20)30(35)41-40-23)38-32(21)44(33(46)39-31)29-26(18-8-9-18)36-15-37-27(29)19-10-11-19;1-3-23(44)41-11-12-42(16(2)14-41)30-20-13-21(33)27(19-5-4-6-22-24(19)29(34)40-39-22)37-31(20)43(32(45)38-30)28-25(17-7-8-17)35-15-36-26(28)18-9-10-18/h2*4-7,12,15-19H,1,8-11,13-14H2,2-3H3,(H3,35,40,41);3-6,13,15-18H,1,7-12,14H2,2H3,(H3,34,39,40)/t2*16-,17+;16-/m1.0/s1. The summed E-state index contributed by atoms with van der Waals surface area (Å²) in [5.74, 6) is 0.566. The highest BCUT2D eigenvalue weighted by molar-refractivity contribution is 6.06. The number of hydrogen-bond donors (Lipinski definition) is 6. The van der Waals surface area contributed by atoms with Crippen LogP contribution in [0.5, 0.6) is 0 Å². The second-order valence-corrected chi connectivity index (χ2v) is 37.5. The van der Waals surface area contributed by atoms with Crippen LogP contribution in [0.15, 0.2) is 144 Å². The number of hydrogen-bond acceptors (Lipinski definition) is 27. The molecule has 5 atom stereocenters. The lowest BCUT2D eigenvalue weighted by atomic mass is 10.0. The summed E-state index contributed by atoms with van der Waals surface area (Å²) in [5.41, 5.74) is 27.8. The Labute approximate surface area is 779 Å². The molecule has 36 nitrogen and oxygen atoms in total. The molecular formula is C98H97F3N30O6. The van der Waals surface area contributed by atoms with E-state index in [0.717, 1.165) is 111 Å². The molecule has 137 heavy (non-hydrogen) atoms. The van der Waals surface area contributed by atoms with Crippen molar-refractivity contribution >= 4 is 118 Å². The third-order valence-electron chi connectivity index (χ3n) is 27.9. The number of halogens is 3. The van der Waals surface area contributed by atoms with Gasteiger partial charge in [0.05, 0.1) is 100 Å². The Hall–Kier alpha value is -15.6. The Morgan fingerprint density at radius 2 is 0.715 bits per heavy atom. The number of nitrogens with one attached hydrogen (secondary N) is 3. The van der Waals surface area contributed by atoms with Gasteiger partial charge in [0.2, 0.25) is 17.7 Å². The van der Waals surface area contributed by atoms with Gasteiger partial charge in [-0.3, -0.25) is 29.7 Å². The molecule has 3 amide bonds. The molecule has 3 aromatic carbocycles. The first kappa shape index (κ1) is 86.8. The zero-order valence-electron chi connectivity index (χ0n) is 75.8. The Morgan fingerprint density at radius 3 is 1.05 bits per heavy atom. The molecule has 6 saturated carbocycles. The van der Waals surface area contributed by atoms with Crippen LogP contribution in [0.1, 0.15) is 181 Å². The van der Waals surface area contributed by atoms with Crippen molar-refractivity contribution in [3.63, 3.8) is 0 Å². The largest absolute Gasteiger partial charge is 0.382 e. The number of H-pyrrole nitrogens is 3. The third kappa shape index (κ3) is 15.3. The van der Waals surface area contributed by atoms with Crippen LogP contribution in [0.25, 0.3) is 117 Å². The molecule has 24 rings (SSSR count). The van der Waals surface area contributed by atoms with E-state index in [0.29, 0.717) is 146 Å². The second kappa shape index (κ2) is 33.8. The molecule has 0 radical (unpaired) electrons. The van der Waals surface area contributed by atoms with Crippen molar-refractivity contribution in [1.29, 1.82) is 0 Å². The number of anilines is 6. The van der Waals surface area contributed by atoms with Crippen molar-refractivity contribution in [1.82, 2.24) is 119 Å². The van der Waals surface area contributed by atoms with E-state index >= 15 is 13.2 Å². The molecule has 39 heteroatoms. The number of amides is 3. The summed E-state index contributed by atoms with van der Waals surface area (Å²) in [7, 11) is 0. The van der Waals surface area contributed by atoms with Crippen molar-refractivity contribution in [2.75, 3.05) is 77.7 Å². The van der Waals surface area contributed by atoms with Gasteiger partial charge in [0.25, 0.3) is 0 Å². The van der Waals surface area contributed by atoms with Crippen LogP contribution in [0.3, 0.4) is 0 Å². The number of rotatable bonds is 18. The lowest BCUT2D eigenvalue weighted by molar-refractivity contribution is -0.131. The number of aromatic amines is 3. The maximum absolute atomic E-state index is 16.4. The molecule has 15 heterocycles. The van der Waals surface area contributed by atoms with E-state index < -0.39 is 34.5 Å². The van der Waals surface area contributed by atoms with Crippen molar-refractivity contribution in [3.8, 4) is 50.8 Å². The number of piperazine rings is 3. The molecule has 0 spiro atoms. The van der Waals surface area contributed by atoms with E-state index in [4.69, 9.17) is 32.2 Å². The number of benzene rings is 3. The molecule has 696 valence electrons. The quantitative estimate of drug-likeness (QED) is 0.0435. The minimum Gasteiger partial charge on any atom is -0.382 e. The fourth-order valence-corrected chi connectivity index (χ4v) is 20.4. The van der Waals surface area contributed by atoms with Gasteiger partial charge in [0.1, 0.15) is 71.0 Å². The fraction of sp³-hybridized carbons (Fsp3) is 0.357. The molecule has 0 unspecified atom stereocenters. The van der Waals surface area contributed by atoms with Gasteiger partial charge in [-0.05, 0) is 166 Å². The molecule has 12 aromatic heterocycles. The number of fused-ring (bicyclic) bond motifs is 6. The minimum atomic E-state index is -0.593. The van der Waals surface area contributed by atoms with Crippen LogP contribution in [0.2, 0.25) is 0 Å². The first-order valence-electron chi connectivity index (χ1n) is 46.5. The van der Waals surface area contributed by atoms with Gasteiger partial charge in [-0.2, -0.15) is 30.2 Å². The van der Waals surface area contributed by atoms with Gasteiger partial charge < -0.3 is 46.6 Å². The SMILES string of the molecule is C=CC(=O)N1CCN(c2nc(=O)n(-c3c(C4CC4)ncnc3C3CC3)c3nc(-c4cccc5[nH]nc(N)c45)c(F)cc23)[C@@H](C)C1.C=CC(=O)N1C[C@H](C)N(c2nc(=O)n(-c3c(C4CC4)ncnc3C3CC3)c3nc(-c4cccc5[nH]nc(N)c45)c(F)cc23)C[C@H]1C.C=CC(=O)N1[C@H](C)CN(c2nc(=O)n(-c3c(C4CC4)ncnc3C3CC3)c3nc(-c4cccc5[nH]nc(N)c45)c(F)cc23)C[C@@H]1C. The maximum Gasteiger partial charge on any atom is 0.355 e. The number of nitrogens with zero attached hydrogens (tertiary/aromatic N) is 24. The average molecular weight is 1850 g/mol. The van der Waals surface area contributed by atoms with Gasteiger partial charge in [0, 0.05) is 128 Å².